The van der Waals surface area contributed by atoms with Crippen molar-refractivity contribution in [3.8, 4) is 0 Å². The van der Waals surface area contributed by atoms with Crippen LogP contribution < -0.4 is 16.0 Å². The highest BCUT2D eigenvalue weighted by molar-refractivity contribution is 5.42. The fraction of sp³-hybridized carbons (Fsp3) is 0.769. The minimum Gasteiger partial charge on any atom is -0.378 e. The molecule has 1 atom stereocenters. The van der Waals surface area contributed by atoms with Crippen molar-refractivity contribution in [1.82, 2.24) is 15.0 Å². The summed E-state index contributed by atoms with van der Waals surface area (Å²) in [4.78, 5) is 15.0. The predicted octanol–water partition coefficient (Wildman–Crippen LogP) is 0.271. The zero-order chi connectivity index (χ0) is 14.7. The Hall–Kier alpha value is -1.67. The lowest BCUT2D eigenvalue weighted by molar-refractivity contribution is -0.00631. The molecule has 3 rings (SSSR count). The highest BCUT2D eigenvalue weighted by Gasteiger charge is 2.35. The van der Waals surface area contributed by atoms with Gasteiger partial charge < -0.3 is 25.4 Å². The number of nitrogens with zero attached hydrogens (tertiary/aromatic N) is 4. The minimum atomic E-state index is -0.310. The molecule has 8 nitrogen and oxygen atoms in total. The molecule has 2 fully saturated rings. The zero-order valence-corrected chi connectivity index (χ0v) is 12.3. The molecule has 21 heavy (non-hydrogen) atoms. The molecule has 8 heteroatoms. The van der Waals surface area contributed by atoms with Gasteiger partial charge in [0.2, 0.25) is 17.8 Å². The van der Waals surface area contributed by atoms with Crippen LogP contribution in [-0.4, -0.2) is 60.5 Å². The number of nitrogens with one attached hydrogen (secondary N) is 1. The van der Waals surface area contributed by atoms with Gasteiger partial charge in [-0.3, -0.25) is 0 Å². The van der Waals surface area contributed by atoms with Crippen molar-refractivity contribution in [3.63, 3.8) is 0 Å². The number of hydrogen-bond donors (Lipinski definition) is 2. The molecule has 2 saturated heterocycles. The quantitative estimate of drug-likeness (QED) is 0.798. The van der Waals surface area contributed by atoms with Gasteiger partial charge in [0.15, 0.2) is 0 Å². The molecule has 0 bridgehead atoms. The molecule has 1 unspecified atom stereocenters. The number of nitrogen functional groups attached to an aromatic ring is 1. The van der Waals surface area contributed by atoms with E-state index in [1.807, 2.05) is 0 Å². The normalized spacial score (nSPS) is 25.5. The Morgan fingerprint density at radius 3 is 2.81 bits per heavy atom. The Morgan fingerprint density at radius 1 is 1.33 bits per heavy atom. The highest BCUT2D eigenvalue weighted by Crippen LogP contribution is 2.23. The van der Waals surface area contributed by atoms with Crippen LogP contribution in [0.25, 0.3) is 0 Å². The van der Waals surface area contributed by atoms with E-state index < -0.39 is 0 Å². The number of rotatable bonds is 5. The van der Waals surface area contributed by atoms with Crippen molar-refractivity contribution in [2.24, 2.45) is 0 Å². The summed E-state index contributed by atoms with van der Waals surface area (Å²) in [6.07, 6.45) is 3.19. The molecule has 3 N–H and O–H groups in total. The summed E-state index contributed by atoms with van der Waals surface area (Å²) < 4.78 is 11.0. The van der Waals surface area contributed by atoms with Gasteiger partial charge in [0.05, 0.1) is 6.61 Å². The fourth-order valence-electron chi connectivity index (χ4n) is 2.72. The molecule has 3 heterocycles. The molecule has 1 aromatic rings. The first kappa shape index (κ1) is 14.3. The molecular weight excluding hydrogens is 272 g/mol. The Balaban J connectivity index is 1.70. The maximum atomic E-state index is 5.79. The van der Waals surface area contributed by atoms with Crippen LogP contribution in [0, 0.1) is 0 Å². The van der Waals surface area contributed by atoms with E-state index in [0.29, 0.717) is 31.7 Å². The summed E-state index contributed by atoms with van der Waals surface area (Å²) in [6, 6.07) is 0. The largest absolute Gasteiger partial charge is 0.378 e. The number of ether oxygens (including phenoxy) is 2. The van der Waals surface area contributed by atoms with Crippen molar-refractivity contribution in [3.05, 3.63) is 0 Å². The smallest absolute Gasteiger partial charge is 0.231 e. The molecule has 2 aliphatic heterocycles. The first-order valence-corrected chi connectivity index (χ1v) is 7.34. The van der Waals surface area contributed by atoms with Gasteiger partial charge in [-0.25, -0.2) is 0 Å². The van der Waals surface area contributed by atoms with Crippen LogP contribution in [0.15, 0.2) is 0 Å². The lowest BCUT2D eigenvalue weighted by Crippen LogP contribution is -2.40. The van der Waals surface area contributed by atoms with Gasteiger partial charge in [-0.15, -0.1) is 0 Å². The van der Waals surface area contributed by atoms with Gasteiger partial charge in [-0.05, 0) is 12.8 Å². The third kappa shape index (κ3) is 3.16. The summed E-state index contributed by atoms with van der Waals surface area (Å²) in [6.45, 7) is 3.83. The van der Waals surface area contributed by atoms with E-state index in [0.717, 1.165) is 19.5 Å². The van der Waals surface area contributed by atoms with E-state index in [1.165, 1.54) is 12.8 Å². The average molecular weight is 294 g/mol. The first-order chi connectivity index (χ1) is 10.2. The number of nitrogens with two attached hydrogens (primary N) is 1. The summed E-state index contributed by atoms with van der Waals surface area (Å²) in [5, 5.41) is 3.21. The Labute approximate surface area is 124 Å². The Bertz CT molecular complexity index is 486. The zero-order valence-electron chi connectivity index (χ0n) is 12.3. The average Bonchev–Trinajstić information content (AvgIpc) is 3.17. The molecule has 0 radical (unpaired) electrons. The number of hydrogen-bond acceptors (Lipinski definition) is 8. The van der Waals surface area contributed by atoms with Crippen LogP contribution in [0.2, 0.25) is 0 Å². The number of methoxy groups -OCH3 is 1. The molecule has 0 spiro atoms. The molecule has 0 amide bonds. The fourth-order valence-corrected chi connectivity index (χ4v) is 2.72. The molecular formula is C13H22N6O2. The van der Waals surface area contributed by atoms with Crippen LogP contribution in [-0.2, 0) is 9.47 Å². The minimum absolute atomic E-state index is 0.239. The van der Waals surface area contributed by atoms with Crippen molar-refractivity contribution in [2.75, 3.05) is 55.9 Å². The molecule has 2 aliphatic rings. The molecule has 0 aliphatic carbocycles. The monoisotopic (exact) mass is 294 g/mol. The lowest BCUT2D eigenvalue weighted by Gasteiger charge is -2.26. The third-order valence-corrected chi connectivity index (χ3v) is 4.10. The van der Waals surface area contributed by atoms with E-state index in [-0.39, 0.29) is 11.5 Å². The van der Waals surface area contributed by atoms with Gasteiger partial charge >= 0.3 is 0 Å². The van der Waals surface area contributed by atoms with Gasteiger partial charge in [-0.1, -0.05) is 0 Å². The van der Waals surface area contributed by atoms with Crippen molar-refractivity contribution >= 4 is 17.8 Å². The number of anilines is 3. The summed E-state index contributed by atoms with van der Waals surface area (Å²) in [5.41, 5.74) is 5.48. The Kier molecular flexibility index (Phi) is 4.07. The van der Waals surface area contributed by atoms with Gasteiger partial charge in [0.25, 0.3) is 0 Å². The van der Waals surface area contributed by atoms with Crippen molar-refractivity contribution < 1.29 is 9.47 Å². The highest BCUT2D eigenvalue weighted by atomic mass is 16.5. The summed E-state index contributed by atoms with van der Waals surface area (Å²) in [5.74, 6) is 1.38. The second-order valence-electron chi connectivity index (χ2n) is 5.55. The summed E-state index contributed by atoms with van der Waals surface area (Å²) >= 11 is 0. The lowest BCUT2D eigenvalue weighted by atomic mass is 10.0. The van der Waals surface area contributed by atoms with E-state index in [9.17, 15) is 0 Å². The maximum Gasteiger partial charge on any atom is 0.231 e. The molecule has 116 valence electrons. The third-order valence-electron chi connectivity index (χ3n) is 4.10. The number of aromatic nitrogens is 3. The van der Waals surface area contributed by atoms with Crippen LogP contribution in [0.3, 0.4) is 0 Å². The topological polar surface area (TPSA) is 98.4 Å². The predicted molar refractivity (Wildman–Crippen MR) is 79.4 cm³/mol. The van der Waals surface area contributed by atoms with E-state index >= 15 is 0 Å². The van der Waals surface area contributed by atoms with E-state index in [2.05, 4.69) is 25.2 Å². The molecule has 0 aromatic carbocycles. The van der Waals surface area contributed by atoms with Crippen molar-refractivity contribution in [2.45, 2.75) is 24.9 Å². The van der Waals surface area contributed by atoms with Crippen molar-refractivity contribution in [1.29, 1.82) is 0 Å². The SMILES string of the molecule is COC1(CNc2nc(N)nc(N3CCCC3)n2)CCOC1. The van der Waals surface area contributed by atoms with Crippen LogP contribution in [0.4, 0.5) is 17.8 Å². The second kappa shape index (κ2) is 5.98. The maximum absolute atomic E-state index is 5.79. The first-order valence-electron chi connectivity index (χ1n) is 7.34. The Morgan fingerprint density at radius 2 is 2.14 bits per heavy atom. The van der Waals surface area contributed by atoms with E-state index in [1.54, 1.807) is 7.11 Å². The second-order valence-corrected chi connectivity index (χ2v) is 5.55. The molecule has 1 aromatic heterocycles. The van der Waals surface area contributed by atoms with Gasteiger partial charge in [-0.2, -0.15) is 15.0 Å². The van der Waals surface area contributed by atoms with Crippen LogP contribution >= 0.6 is 0 Å². The molecule has 0 saturated carbocycles. The van der Waals surface area contributed by atoms with Crippen LogP contribution in [0.5, 0.6) is 0 Å². The van der Waals surface area contributed by atoms with Gasteiger partial charge in [0.1, 0.15) is 5.60 Å². The van der Waals surface area contributed by atoms with Crippen LogP contribution in [0.1, 0.15) is 19.3 Å². The summed E-state index contributed by atoms with van der Waals surface area (Å²) in [7, 11) is 1.70. The van der Waals surface area contributed by atoms with Gasteiger partial charge in [0, 0.05) is 39.8 Å². The van der Waals surface area contributed by atoms with E-state index in [4.69, 9.17) is 15.2 Å². The standard InChI is InChI=1S/C13H22N6O2/c1-20-13(4-7-21-9-13)8-15-11-16-10(14)17-12(18-11)19-5-2-3-6-19/h2-9H2,1H3,(H3,14,15,16,17,18).